The van der Waals surface area contributed by atoms with Gasteiger partial charge >= 0.3 is 0 Å². The van der Waals surface area contributed by atoms with Crippen LogP contribution in [0.2, 0.25) is 0 Å². The Morgan fingerprint density at radius 2 is 1.59 bits per heavy atom. The molecule has 2 atom stereocenters. The van der Waals surface area contributed by atoms with Crippen LogP contribution in [-0.4, -0.2) is 43.5 Å². The maximum Gasteiger partial charge on any atom is 0.279 e. The first kappa shape index (κ1) is 20.5. The molecule has 2 aliphatic heterocycles. The van der Waals surface area contributed by atoms with Crippen LogP contribution in [-0.2, 0) is 31.0 Å². The molecule has 2 aliphatic rings. The number of sulfone groups is 2. The quantitative estimate of drug-likeness (QED) is 0.428. The van der Waals surface area contributed by atoms with E-state index in [0.717, 1.165) is 5.56 Å². The van der Waals surface area contributed by atoms with Gasteiger partial charge < -0.3 is 4.90 Å². The Bertz CT molecular complexity index is 1220. The summed E-state index contributed by atoms with van der Waals surface area (Å²) in [5, 5.41) is 0. The Morgan fingerprint density at radius 1 is 1.03 bits per heavy atom. The van der Waals surface area contributed by atoms with Crippen LogP contribution in [0.4, 0.5) is 0 Å². The number of rotatable bonds is 5. The van der Waals surface area contributed by atoms with Crippen LogP contribution in [0.3, 0.4) is 0 Å². The van der Waals surface area contributed by atoms with Crippen molar-refractivity contribution in [3.63, 3.8) is 0 Å². The Labute approximate surface area is 183 Å². The van der Waals surface area contributed by atoms with Gasteiger partial charge in [-0.15, -0.1) is 0 Å². The zero-order chi connectivity index (χ0) is 21.0. The highest BCUT2D eigenvalue weighted by Crippen LogP contribution is 2.59. The van der Waals surface area contributed by atoms with E-state index in [-0.39, 0.29) is 11.4 Å². The molecule has 152 valence electrons. The van der Waals surface area contributed by atoms with Crippen molar-refractivity contribution < 1.29 is 21.6 Å². The lowest BCUT2D eigenvalue weighted by molar-refractivity contribution is -0.145. The van der Waals surface area contributed by atoms with Gasteiger partial charge in [0.15, 0.2) is 9.84 Å². The largest absolute Gasteiger partial charge is 0.325 e. The van der Waals surface area contributed by atoms with Gasteiger partial charge in [0.2, 0.25) is 9.84 Å². The SMILES string of the molecule is CCS(=O)(=O)[C@@]12C(=O)N(Cc3ccccc3)[C@@H]1C(I)=C(c1ccccc1)S2(=O)=O. The summed E-state index contributed by atoms with van der Waals surface area (Å²) in [5.74, 6) is -1.30. The summed E-state index contributed by atoms with van der Waals surface area (Å²) in [6.07, 6.45) is 0. The highest BCUT2D eigenvalue weighted by molar-refractivity contribution is 14.1. The molecule has 2 heterocycles. The molecule has 0 unspecified atom stereocenters. The van der Waals surface area contributed by atoms with Crippen molar-refractivity contribution in [2.75, 3.05) is 5.75 Å². The van der Waals surface area contributed by atoms with Crippen molar-refractivity contribution in [3.8, 4) is 0 Å². The third-order valence-corrected chi connectivity index (χ3v) is 12.6. The van der Waals surface area contributed by atoms with Crippen LogP contribution in [0, 0.1) is 0 Å². The van der Waals surface area contributed by atoms with Crippen LogP contribution in [0.25, 0.3) is 4.91 Å². The zero-order valence-electron chi connectivity index (χ0n) is 15.4. The van der Waals surface area contributed by atoms with E-state index < -0.39 is 41.5 Å². The molecule has 9 heteroatoms. The molecule has 0 aliphatic carbocycles. The topological polar surface area (TPSA) is 88.6 Å². The molecule has 1 amide bonds. The third kappa shape index (κ3) is 2.59. The number of carbonyl (C=O) groups excluding carboxylic acids is 1. The van der Waals surface area contributed by atoms with E-state index in [2.05, 4.69) is 0 Å². The lowest BCUT2D eigenvalue weighted by Gasteiger charge is -2.50. The number of halogens is 1. The van der Waals surface area contributed by atoms with Crippen LogP contribution in [0.15, 0.2) is 64.2 Å². The van der Waals surface area contributed by atoms with E-state index in [0.29, 0.717) is 9.14 Å². The van der Waals surface area contributed by atoms with Crippen LogP contribution in [0.5, 0.6) is 0 Å². The third-order valence-electron chi connectivity index (χ3n) is 5.43. The van der Waals surface area contributed by atoms with E-state index in [1.54, 1.807) is 30.3 Å². The molecule has 0 radical (unpaired) electrons. The zero-order valence-corrected chi connectivity index (χ0v) is 19.2. The molecule has 0 N–H and O–H groups in total. The molecule has 0 bridgehead atoms. The van der Waals surface area contributed by atoms with Gasteiger partial charge in [0.05, 0.1) is 4.91 Å². The number of hydrogen-bond donors (Lipinski definition) is 0. The minimum absolute atomic E-state index is 0.0652. The van der Waals surface area contributed by atoms with E-state index in [4.69, 9.17) is 0 Å². The minimum Gasteiger partial charge on any atom is -0.325 e. The van der Waals surface area contributed by atoms with Crippen LogP contribution < -0.4 is 0 Å². The number of amides is 1. The summed E-state index contributed by atoms with van der Waals surface area (Å²) in [6.45, 7) is 1.52. The van der Waals surface area contributed by atoms with E-state index in [9.17, 15) is 21.6 Å². The van der Waals surface area contributed by atoms with Gasteiger partial charge in [0.25, 0.3) is 9.99 Å². The predicted molar refractivity (Wildman–Crippen MR) is 119 cm³/mol. The molecule has 6 nitrogen and oxygen atoms in total. The number of benzene rings is 2. The predicted octanol–water partition coefficient (Wildman–Crippen LogP) is 2.76. The van der Waals surface area contributed by atoms with Crippen molar-refractivity contribution in [1.82, 2.24) is 4.90 Å². The Hall–Kier alpha value is -1.72. The maximum atomic E-state index is 13.6. The molecule has 1 saturated heterocycles. The Morgan fingerprint density at radius 3 is 2.14 bits per heavy atom. The fourth-order valence-electron chi connectivity index (χ4n) is 4.05. The minimum atomic E-state index is -4.44. The number of carbonyl (C=O) groups is 1. The lowest BCUT2D eigenvalue weighted by atomic mass is 9.98. The molecule has 0 saturated carbocycles. The molecule has 29 heavy (non-hydrogen) atoms. The van der Waals surface area contributed by atoms with Crippen molar-refractivity contribution in [1.29, 1.82) is 0 Å². The second-order valence-corrected chi connectivity index (χ2v) is 12.9. The van der Waals surface area contributed by atoms with Gasteiger partial charge in [-0.2, -0.15) is 0 Å². The number of likely N-dealkylation sites (tertiary alicyclic amines) is 1. The van der Waals surface area contributed by atoms with Crippen molar-refractivity contribution in [2.24, 2.45) is 0 Å². The van der Waals surface area contributed by atoms with E-state index >= 15 is 0 Å². The second-order valence-electron chi connectivity index (χ2n) is 6.94. The number of nitrogens with zero attached hydrogens (tertiary/aromatic N) is 1. The highest BCUT2D eigenvalue weighted by Gasteiger charge is 2.80. The average Bonchev–Trinajstić information content (AvgIpc) is 2.87. The monoisotopic (exact) mass is 543 g/mol. The summed E-state index contributed by atoms with van der Waals surface area (Å²) in [4.78, 5) is 14.5. The van der Waals surface area contributed by atoms with Gasteiger partial charge in [-0.05, 0) is 33.7 Å². The first-order valence-corrected chi connectivity index (χ1v) is 13.2. The van der Waals surface area contributed by atoms with Gasteiger partial charge in [-0.25, -0.2) is 16.8 Å². The molecular formula is C20H18INO5S2. The first-order chi connectivity index (χ1) is 13.7. The summed E-state index contributed by atoms with van der Waals surface area (Å²) in [6, 6.07) is 16.4. The molecule has 0 aromatic heterocycles. The summed E-state index contributed by atoms with van der Waals surface area (Å²) < 4.78 is 51.3. The molecular weight excluding hydrogens is 525 g/mol. The van der Waals surface area contributed by atoms with Gasteiger partial charge in [0.1, 0.15) is 6.04 Å². The lowest BCUT2D eigenvalue weighted by Crippen LogP contribution is -2.77. The molecule has 4 rings (SSSR count). The normalized spacial score (nSPS) is 25.7. The number of β-lactam (4-membered cyclic amide) rings is 1. The average molecular weight is 543 g/mol. The molecule has 1 fully saturated rings. The maximum absolute atomic E-state index is 13.6. The standard InChI is InChI=1S/C20H18INO5S2/c1-2-28(24,25)20-18(22(19(20)23)13-14-9-5-3-6-10-14)16(21)17(29(20,26)27)15-11-7-4-8-12-15/h3-12,18H,2,13H2,1H3/t18-,20+/m1/s1. The molecule has 2 aromatic carbocycles. The fraction of sp³-hybridized carbons (Fsp3) is 0.250. The smallest absolute Gasteiger partial charge is 0.279 e. The van der Waals surface area contributed by atoms with E-state index in [1.807, 2.05) is 52.9 Å². The van der Waals surface area contributed by atoms with E-state index in [1.165, 1.54) is 11.8 Å². The fourth-order valence-corrected chi connectivity index (χ4v) is 11.8. The van der Waals surface area contributed by atoms with Gasteiger partial charge in [-0.1, -0.05) is 67.6 Å². The van der Waals surface area contributed by atoms with Crippen LogP contribution >= 0.6 is 22.6 Å². The summed E-state index contributed by atoms with van der Waals surface area (Å²) in [5.41, 5.74) is 1.20. The molecule has 0 spiro atoms. The van der Waals surface area contributed by atoms with Crippen molar-refractivity contribution in [3.05, 3.63) is 75.4 Å². The van der Waals surface area contributed by atoms with Crippen molar-refractivity contribution in [2.45, 2.75) is 23.6 Å². The van der Waals surface area contributed by atoms with Crippen LogP contribution in [0.1, 0.15) is 18.1 Å². The summed E-state index contributed by atoms with van der Waals surface area (Å²) in [7, 11) is -8.68. The second kappa shape index (κ2) is 6.92. The number of hydrogen-bond acceptors (Lipinski definition) is 5. The van der Waals surface area contributed by atoms with Gasteiger partial charge in [0, 0.05) is 15.9 Å². The van der Waals surface area contributed by atoms with Gasteiger partial charge in [-0.3, -0.25) is 4.79 Å². The van der Waals surface area contributed by atoms with Crippen molar-refractivity contribution >= 4 is 53.1 Å². The highest BCUT2D eigenvalue weighted by atomic mass is 127. The Balaban J connectivity index is 1.93. The first-order valence-electron chi connectivity index (χ1n) is 8.97. The molecule has 2 aromatic rings. The number of fused-ring (bicyclic) bond motifs is 1. The Kier molecular flexibility index (Phi) is 4.90. The summed E-state index contributed by atoms with van der Waals surface area (Å²) >= 11 is 1.89.